The van der Waals surface area contributed by atoms with Crippen LogP contribution in [-0.2, 0) is 9.59 Å². The number of rotatable bonds is 7. The second-order valence-electron chi connectivity index (χ2n) is 8.04. The molecule has 32 heavy (non-hydrogen) atoms. The van der Waals surface area contributed by atoms with Crippen molar-refractivity contribution in [2.75, 3.05) is 36.9 Å². The molecule has 1 fully saturated rings. The summed E-state index contributed by atoms with van der Waals surface area (Å²) >= 11 is 1.45. The zero-order valence-electron chi connectivity index (χ0n) is 18.4. The maximum Gasteiger partial charge on any atom is 0.238 e. The van der Waals surface area contributed by atoms with E-state index in [-0.39, 0.29) is 17.7 Å². The molecule has 7 nitrogen and oxygen atoms in total. The summed E-state index contributed by atoms with van der Waals surface area (Å²) in [5.74, 6) is 0.702. The van der Waals surface area contributed by atoms with Gasteiger partial charge in [-0.1, -0.05) is 29.0 Å². The fraction of sp³-hybridized carbons (Fsp3) is 0.375. The van der Waals surface area contributed by atoms with Gasteiger partial charge in [0.15, 0.2) is 5.13 Å². The Labute approximate surface area is 191 Å². The Morgan fingerprint density at radius 3 is 2.59 bits per heavy atom. The minimum Gasteiger partial charge on any atom is -0.494 e. The molecule has 168 valence electrons. The lowest BCUT2D eigenvalue weighted by Crippen LogP contribution is -2.41. The average Bonchev–Trinajstić information content (AvgIpc) is 3.17. The van der Waals surface area contributed by atoms with Crippen LogP contribution >= 0.6 is 11.3 Å². The fourth-order valence-electron chi connectivity index (χ4n) is 3.82. The van der Waals surface area contributed by atoms with Crippen LogP contribution in [-0.4, -0.2) is 47.9 Å². The topological polar surface area (TPSA) is 83.6 Å². The summed E-state index contributed by atoms with van der Waals surface area (Å²) in [5, 5.41) is 6.52. The minimum absolute atomic E-state index is 0.00200. The van der Waals surface area contributed by atoms with E-state index >= 15 is 0 Å². The fourth-order valence-corrected chi connectivity index (χ4v) is 4.71. The van der Waals surface area contributed by atoms with E-state index in [1.165, 1.54) is 11.3 Å². The van der Waals surface area contributed by atoms with E-state index in [2.05, 4.69) is 20.5 Å². The molecular weight excluding hydrogens is 424 g/mol. The van der Waals surface area contributed by atoms with E-state index in [4.69, 9.17) is 4.74 Å². The number of benzene rings is 2. The van der Waals surface area contributed by atoms with Crippen molar-refractivity contribution in [2.24, 2.45) is 5.92 Å². The lowest BCUT2D eigenvalue weighted by Gasteiger charge is -2.30. The quantitative estimate of drug-likeness (QED) is 0.559. The van der Waals surface area contributed by atoms with Crippen molar-refractivity contribution in [3.8, 4) is 5.75 Å². The second-order valence-corrected chi connectivity index (χ2v) is 9.07. The van der Waals surface area contributed by atoms with Crippen LogP contribution in [0.25, 0.3) is 10.2 Å². The number of aromatic nitrogens is 1. The molecule has 2 aromatic carbocycles. The van der Waals surface area contributed by atoms with Crippen molar-refractivity contribution in [1.82, 2.24) is 9.88 Å². The largest absolute Gasteiger partial charge is 0.494 e. The summed E-state index contributed by atoms with van der Waals surface area (Å²) in [6.07, 6.45) is 1.45. The van der Waals surface area contributed by atoms with Gasteiger partial charge in [-0.2, -0.15) is 0 Å². The van der Waals surface area contributed by atoms with Crippen LogP contribution in [0.15, 0.2) is 42.5 Å². The van der Waals surface area contributed by atoms with Crippen molar-refractivity contribution < 1.29 is 14.3 Å². The van der Waals surface area contributed by atoms with Crippen LogP contribution in [0.2, 0.25) is 0 Å². The van der Waals surface area contributed by atoms with Gasteiger partial charge in [0, 0.05) is 11.6 Å². The van der Waals surface area contributed by atoms with Crippen molar-refractivity contribution in [3.63, 3.8) is 0 Å². The third-order valence-electron chi connectivity index (χ3n) is 5.56. The number of anilines is 2. The van der Waals surface area contributed by atoms with Gasteiger partial charge in [-0.15, -0.1) is 0 Å². The van der Waals surface area contributed by atoms with Crippen LogP contribution in [0.5, 0.6) is 5.75 Å². The molecule has 0 aliphatic carbocycles. The standard InChI is InChI=1S/C24H28N4O3S/c1-3-31-19-8-9-20-21(14-19)32-24(26-20)27-23(30)17-10-12-28(13-11-17)15-22(29)25-18-6-4-16(2)5-7-18/h4-9,14,17H,3,10-13,15H2,1-2H3,(H,25,29)(H,26,27,30). The molecule has 0 radical (unpaired) electrons. The van der Waals surface area contributed by atoms with Gasteiger partial charge in [0.05, 0.1) is 23.4 Å². The number of ether oxygens (including phenoxy) is 1. The minimum atomic E-state index is -0.0718. The van der Waals surface area contributed by atoms with Gasteiger partial charge >= 0.3 is 0 Å². The summed E-state index contributed by atoms with van der Waals surface area (Å²) in [6, 6.07) is 13.5. The van der Waals surface area contributed by atoms with Crippen LogP contribution in [0, 0.1) is 12.8 Å². The number of amides is 2. The molecule has 8 heteroatoms. The van der Waals surface area contributed by atoms with Gasteiger partial charge in [0.1, 0.15) is 5.75 Å². The van der Waals surface area contributed by atoms with Crippen LogP contribution in [0.4, 0.5) is 10.8 Å². The molecule has 0 spiro atoms. The van der Waals surface area contributed by atoms with Gasteiger partial charge in [0.2, 0.25) is 11.8 Å². The SMILES string of the molecule is CCOc1ccc2nc(NC(=O)C3CCN(CC(=O)Nc4ccc(C)cc4)CC3)sc2c1. The van der Waals surface area contributed by atoms with E-state index in [0.29, 0.717) is 18.3 Å². The average molecular weight is 453 g/mol. The van der Waals surface area contributed by atoms with E-state index < -0.39 is 0 Å². The highest BCUT2D eigenvalue weighted by atomic mass is 32.1. The molecule has 1 saturated heterocycles. The first-order valence-corrected chi connectivity index (χ1v) is 11.7. The van der Waals surface area contributed by atoms with Crippen molar-refractivity contribution in [2.45, 2.75) is 26.7 Å². The predicted molar refractivity (Wildman–Crippen MR) is 128 cm³/mol. The van der Waals surface area contributed by atoms with E-state index in [1.54, 1.807) is 0 Å². The monoisotopic (exact) mass is 452 g/mol. The number of hydrogen-bond acceptors (Lipinski definition) is 6. The molecular formula is C24H28N4O3S. The first-order chi connectivity index (χ1) is 15.5. The maximum absolute atomic E-state index is 12.7. The molecule has 1 aliphatic rings. The Kier molecular flexibility index (Phi) is 7.02. The van der Waals surface area contributed by atoms with Crippen molar-refractivity contribution in [1.29, 1.82) is 0 Å². The molecule has 1 aliphatic heterocycles. The zero-order chi connectivity index (χ0) is 22.5. The van der Waals surface area contributed by atoms with Crippen molar-refractivity contribution >= 4 is 44.2 Å². The predicted octanol–water partition coefficient (Wildman–Crippen LogP) is 4.29. The summed E-state index contributed by atoms with van der Waals surface area (Å²) in [6.45, 7) is 6.35. The summed E-state index contributed by atoms with van der Waals surface area (Å²) < 4.78 is 6.52. The van der Waals surface area contributed by atoms with Gasteiger partial charge in [-0.05, 0) is 70.1 Å². The van der Waals surface area contributed by atoms with Crippen LogP contribution in [0.3, 0.4) is 0 Å². The second kappa shape index (κ2) is 10.1. The number of piperidine rings is 1. The number of likely N-dealkylation sites (tertiary alicyclic amines) is 1. The molecule has 2 amide bonds. The molecule has 0 saturated carbocycles. The lowest BCUT2D eigenvalue weighted by molar-refractivity contribution is -0.121. The maximum atomic E-state index is 12.7. The normalized spacial score (nSPS) is 14.9. The number of carbonyl (C=O) groups is 2. The number of fused-ring (bicyclic) bond motifs is 1. The smallest absolute Gasteiger partial charge is 0.238 e. The third kappa shape index (κ3) is 5.63. The number of nitrogens with zero attached hydrogens (tertiary/aromatic N) is 2. The van der Waals surface area contributed by atoms with Crippen molar-refractivity contribution in [3.05, 3.63) is 48.0 Å². The Morgan fingerprint density at radius 1 is 1.12 bits per heavy atom. The Bertz CT molecular complexity index is 1090. The number of aryl methyl sites for hydroxylation is 1. The molecule has 0 atom stereocenters. The summed E-state index contributed by atoms with van der Waals surface area (Å²) in [7, 11) is 0. The van der Waals surface area contributed by atoms with Gasteiger partial charge in [0.25, 0.3) is 0 Å². The number of hydrogen-bond donors (Lipinski definition) is 2. The molecule has 3 aromatic rings. The summed E-state index contributed by atoms with van der Waals surface area (Å²) in [5.41, 5.74) is 2.81. The lowest BCUT2D eigenvalue weighted by atomic mass is 9.96. The highest BCUT2D eigenvalue weighted by molar-refractivity contribution is 7.22. The van der Waals surface area contributed by atoms with E-state index in [9.17, 15) is 9.59 Å². The highest BCUT2D eigenvalue weighted by Crippen LogP contribution is 2.30. The molecule has 0 unspecified atom stereocenters. The molecule has 2 heterocycles. The third-order valence-corrected chi connectivity index (χ3v) is 6.50. The number of thiazole rings is 1. The first-order valence-electron chi connectivity index (χ1n) is 10.9. The molecule has 0 bridgehead atoms. The van der Waals surface area contributed by atoms with E-state index in [1.807, 2.05) is 56.3 Å². The Balaban J connectivity index is 1.25. The highest BCUT2D eigenvalue weighted by Gasteiger charge is 2.26. The van der Waals surface area contributed by atoms with Crippen LogP contribution in [0.1, 0.15) is 25.3 Å². The van der Waals surface area contributed by atoms with Gasteiger partial charge < -0.3 is 15.4 Å². The molecule has 4 rings (SSSR count). The first kappa shape index (κ1) is 22.2. The van der Waals surface area contributed by atoms with Crippen LogP contribution < -0.4 is 15.4 Å². The Hall–Kier alpha value is -2.97. The zero-order valence-corrected chi connectivity index (χ0v) is 19.2. The molecule has 2 N–H and O–H groups in total. The molecule has 1 aromatic heterocycles. The number of nitrogens with one attached hydrogen (secondary N) is 2. The number of carbonyl (C=O) groups excluding carboxylic acids is 2. The Morgan fingerprint density at radius 2 is 1.88 bits per heavy atom. The van der Waals surface area contributed by atoms with E-state index in [0.717, 1.165) is 53.1 Å². The summed E-state index contributed by atoms with van der Waals surface area (Å²) in [4.78, 5) is 31.7. The van der Waals surface area contributed by atoms with Gasteiger partial charge in [-0.25, -0.2) is 4.98 Å². The van der Waals surface area contributed by atoms with Gasteiger partial charge in [-0.3, -0.25) is 14.5 Å².